The Bertz CT molecular complexity index is 179. The molecule has 0 aliphatic rings. The van der Waals surface area contributed by atoms with E-state index in [9.17, 15) is 9.59 Å². The number of carbonyl (C=O) groups excluding carboxylic acids is 2. The van der Waals surface area contributed by atoms with Crippen LogP contribution >= 0.6 is 11.8 Å². The average molecular weight is 190 g/mol. The molecule has 0 rings (SSSR count). The van der Waals surface area contributed by atoms with E-state index in [-0.39, 0.29) is 22.3 Å². The Morgan fingerprint density at radius 3 is 2.17 bits per heavy atom. The van der Waals surface area contributed by atoms with E-state index in [1.54, 1.807) is 6.92 Å². The lowest BCUT2D eigenvalue weighted by Crippen LogP contribution is -2.22. The maximum atomic E-state index is 11.0. The molecule has 12 heavy (non-hydrogen) atoms. The van der Waals surface area contributed by atoms with Gasteiger partial charge in [-0.1, -0.05) is 25.6 Å². The van der Waals surface area contributed by atoms with E-state index in [1.807, 2.05) is 6.92 Å². The number of carbonyl (C=O) groups is 2. The van der Waals surface area contributed by atoms with Crippen molar-refractivity contribution < 1.29 is 14.3 Å². The molecule has 0 bridgehead atoms. The van der Waals surface area contributed by atoms with Gasteiger partial charge in [0.05, 0.1) is 13.0 Å². The number of hydrogen-bond acceptors (Lipinski definition) is 4. The SMILES string of the molecule is COC(=O)[C@H](C)[C@@H](C)SC(C)=O. The van der Waals surface area contributed by atoms with Crippen LogP contribution in [0.2, 0.25) is 0 Å². The summed E-state index contributed by atoms with van der Waals surface area (Å²) in [5.74, 6) is -0.500. The monoisotopic (exact) mass is 190 g/mol. The molecule has 0 aromatic carbocycles. The highest BCUT2D eigenvalue weighted by molar-refractivity contribution is 8.14. The Morgan fingerprint density at radius 2 is 1.83 bits per heavy atom. The van der Waals surface area contributed by atoms with E-state index in [4.69, 9.17) is 0 Å². The minimum Gasteiger partial charge on any atom is -0.469 e. The van der Waals surface area contributed by atoms with Gasteiger partial charge in [-0.25, -0.2) is 0 Å². The van der Waals surface area contributed by atoms with Crippen molar-refractivity contribution in [3.8, 4) is 0 Å². The molecule has 0 aliphatic carbocycles. The zero-order valence-corrected chi connectivity index (χ0v) is 8.60. The summed E-state index contributed by atoms with van der Waals surface area (Å²) in [6.45, 7) is 5.09. The Kier molecular flexibility index (Phi) is 4.97. The zero-order chi connectivity index (χ0) is 9.72. The second-order valence-corrected chi connectivity index (χ2v) is 4.18. The molecule has 0 N–H and O–H groups in total. The van der Waals surface area contributed by atoms with Gasteiger partial charge in [0.2, 0.25) is 0 Å². The summed E-state index contributed by atoms with van der Waals surface area (Å²) in [6, 6.07) is 0. The largest absolute Gasteiger partial charge is 0.469 e. The van der Waals surface area contributed by atoms with Gasteiger partial charge in [0, 0.05) is 12.2 Å². The van der Waals surface area contributed by atoms with Gasteiger partial charge in [-0.15, -0.1) is 0 Å². The van der Waals surface area contributed by atoms with Crippen LogP contribution in [0.25, 0.3) is 0 Å². The highest BCUT2D eigenvalue weighted by Gasteiger charge is 2.22. The van der Waals surface area contributed by atoms with Crippen LogP contribution in [0, 0.1) is 5.92 Å². The summed E-state index contributed by atoms with van der Waals surface area (Å²) < 4.78 is 4.55. The van der Waals surface area contributed by atoms with Crippen molar-refractivity contribution in [2.45, 2.75) is 26.0 Å². The molecule has 0 fully saturated rings. The highest BCUT2D eigenvalue weighted by atomic mass is 32.2. The van der Waals surface area contributed by atoms with E-state index in [1.165, 1.54) is 25.8 Å². The highest BCUT2D eigenvalue weighted by Crippen LogP contribution is 2.20. The number of hydrogen-bond donors (Lipinski definition) is 0. The Hall–Kier alpha value is -0.510. The fraction of sp³-hybridized carbons (Fsp3) is 0.750. The summed E-state index contributed by atoms with van der Waals surface area (Å²) in [6.07, 6.45) is 0. The van der Waals surface area contributed by atoms with Crippen LogP contribution in [0.3, 0.4) is 0 Å². The lowest BCUT2D eigenvalue weighted by molar-refractivity contribution is -0.144. The molecule has 0 heterocycles. The fourth-order valence-corrected chi connectivity index (χ4v) is 1.58. The van der Waals surface area contributed by atoms with E-state index < -0.39 is 0 Å². The van der Waals surface area contributed by atoms with E-state index in [0.29, 0.717) is 0 Å². The smallest absolute Gasteiger partial charge is 0.309 e. The molecule has 0 aliphatic heterocycles. The third kappa shape index (κ3) is 3.76. The lowest BCUT2D eigenvalue weighted by Gasteiger charge is -2.14. The molecule has 0 unspecified atom stereocenters. The molecular formula is C8H14O3S. The van der Waals surface area contributed by atoms with Crippen LogP contribution in [-0.4, -0.2) is 23.4 Å². The summed E-state index contributed by atoms with van der Waals surface area (Å²) in [5, 5.41) is 0.00760. The second-order valence-electron chi connectivity index (χ2n) is 2.63. The molecular weight excluding hydrogens is 176 g/mol. The van der Waals surface area contributed by atoms with Gasteiger partial charge in [-0.05, 0) is 0 Å². The van der Waals surface area contributed by atoms with Gasteiger partial charge in [0.15, 0.2) is 5.12 Å². The second kappa shape index (κ2) is 5.19. The lowest BCUT2D eigenvalue weighted by atomic mass is 10.1. The van der Waals surface area contributed by atoms with Crippen LogP contribution < -0.4 is 0 Å². The summed E-state index contributed by atoms with van der Waals surface area (Å²) >= 11 is 1.17. The molecule has 4 heteroatoms. The van der Waals surface area contributed by atoms with Crippen molar-refractivity contribution >= 4 is 22.8 Å². The molecule has 2 atom stereocenters. The van der Waals surface area contributed by atoms with E-state index in [0.717, 1.165) is 0 Å². The van der Waals surface area contributed by atoms with Crippen LogP contribution in [0.5, 0.6) is 0 Å². The predicted molar refractivity (Wildman–Crippen MR) is 48.9 cm³/mol. The van der Waals surface area contributed by atoms with E-state index >= 15 is 0 Å². The first-order chi connectivity index (χ1) is 5.49. The third-order valence-corrected chi connectivity index (χ3v) is 2.74. The van der Waals surface area contributed by atoms with Crippen molar-refractivity contribution in [1.29, 1.82) is 0 Å². The third-order valence-electron chi connectivity index (χ3n) is 1.63. The summed E-state index contributed by atoms with van der Waals surface area (Å²) in [4.78, 5) is 21.7. The Balaban J connectivity index is 4.00. The van der Waals surface area contributed by atoms with Crippen molar-refractivity contribution in [3.63, 3.8) is 0 Å². The summed E-state index contributed by atoms with van der Waals surface area (Å²) in [7, 11) is 1.35. The molecule has 70 valence electrons. The van der Waals surface area contributed by atoms with Gasteiger partial charge in [0.1, 0.15) is 0 Å². The van der Waals surface area contributed by atoms with Crippen molar-refractivity contribution in [2.75, 3.05) is 7.11 Å². The molecule has 0 spiro atoms. The minimum absolute atomic E-state index is 0.0186. The first-order valence-corrected chi connectivity index (χ1v) is 4.62. The van der Waals surface area contributed by atoms with Gasteiger partial charge < -0.3 is 4.74 Å². The molecule has 0 amide bonds. The molecule has 0 saturated carbocycles. The Labute approximate surface area is 76.9 Å². The van der Waals surface area contributed by atoms with Gasteiger partial charge in [0.25, 0.3) is 0 Å². The first kappa shape index (κ1) is 11.5. The minimum atomic E-state index is -0.267. The number of methoxy groups -OCH3 is 1. The van der Waals surface area contributed by atoms with Gasteiger partial charge in [-0.2, -0.15) is 0 Å². The maximum absolute atomic E-state index is 11.0. The number of rotatable bonds is 3. The quantitative estimate of drug-likeness (QED) is 0.632. The van der Waals surface area contributed by atoms with Crippen molar-refractivity contribution in [2.24, 2.45) is 5.92 Å². The fourth-order valence-electron chi connectivity index (χ4n) is 0.741. The van der Waals surface area contributed by atoms with Crippen LogP contribution in [0.4, 0.5) is 0 Å². The Morgan fingerprint density at radius 1 is 1.33 bits per heavy atom. The number of thioether (sulfide) groups is 1. The number of esters is 1. The normalized spacial score (nSPS) is 15.0. The standard InChI is InChI=1S/C8H14O3S/c1-5(8(10)11-4)6(2)12-7(3)9/h5-6H,1-4H3/t5-,6-/m1/s1. The zero-order valence-electron chi connectivity index (χ0n) is 7.79. The molecule has 0 aromatic heterocycles. The molecule has 3 nitrogen and oxygen atoms in total. The van der Waals surface area contributed by atoms with Crippen LogP contribution in [0.1, 0.15) is 20.8 Å². The van der Waals surface area contributed by atoms with Gasteiger partial charge >= 0.3 is 5.97 Å². The first-order valence-electron chi connectivity index (χ1n) is 3.74. The average Bonchev–Trinajstić information content (AvgIpc) is 2.00. The van der Waals surface area contributed by atoms with Crippen LogP contribution in [0.15, 0.2) is 0 Å². The number of ether oxygens (including phenoxy) is 1. The topological polar surface area (TPSA) is 43.4 Å². The molecule has 0 radical (unpaired) electrons. The molecule has 0 saturated heterocycles. The van der Waals surface area contributed by atoms with Gasteiger partial charge in [-0.3, -0.25) is 9.59 Å². The van der Waals surface area contributed by atoms with Crippen LogP contribution in [-0.2, 0) is 14.3 Å². The van der Waals surface area contributed by atoms with E-state index in [2.05, 4.69) is 4.74 Å². The van der Waals surface area contributed by atoms with Crippen molar-refractivity contribution in [3.05, 3.63) is 0 Å². The molecule has 0 aromatic rings. The summed E-state index contributed by atoms with van der Waals surface area (Å²) in [5.41, 5.74) is 0. The maximum Gasteiger partial charge on any atom is 0.309 e. The predicted octanol–water partition coefficient (Wildman–Crippen LogP) is 1.46. The van der Waals surface area contributed by atoms with Crippen molar-refractivity contribution in [1.82, 2.24) is 0 Å².